The van der Waals surface area contributed by atoms with E-state index in [4.69, 9.17) is 4.74 Å². The maximum absolute atomic E-state index is 12.1. The van der Waals surface area contributed by atoms with Crippen LogP contribution in [-0.2, 0) is 6.42 Å². The first-order valence-corrected chi connectivity index (χ1v) is 7.88. The van der Waals surface area contributed by atoms with E-state index in [1.54, 1.807) is 0 Å². The molecule has 0 unspecified atom stereocenters. The van der Waals surface area contributed by atoms with E-state index < -0.39 is 6.09 Å². The van der Waals surface area contributed by atoms with E-state index in [1.807, 2.05) is 54.6 Å². The summed E-state index contributed by atoms with van der Waals surface area (Å²) in [5.74, 6) is 0.575. The van der Waals surface area contributed by atoms with Crippen LogP contribution in [0.25, 0.3) is 0 Å². The molecule has 3 aromatic rings. The first-order chi connectivity index (χ1) is 11.7. The van der Waals surface area contributed by atoms with Crippen molar-refractivity contribution in [3.05, 3.63) is 95.6 Å². The van der Waals surface area contributed by atoms with Crippen LogP contribution in [0.5, 0.6) is 5.75 Å². The summed E-state index contributed by atoms with van der Waals surface area (Å²) in [5, 5.41) is 2.73. The zero-order chi connectivity index (χ0) is 16.8. The lowest BCUT2D eigenvalue weighted by Crippen LogP contribution is -2.17. The summed E-state index contributed by atoms with van der Waals surface area (Å²) in [5.41, 5.74) is 4.09. The zero-order valence-corrected chi connectivity index (χ0v) is 13.5. The molecule has 0 heterocycles. The molecule has 3 rings (SSSR count). The van der Waals surface area contributed by atoms with Crippen molar-refractivity contribution >= 4 is 11.8 Å². The summed E-state index contributed by atoms with van der Waals surface area (Å²) in [6, 6.07) is 25.2. The minimum Gasteiger partial charge on any atom is -0.410 e. The Kier molecular flexibility index (Phi) is 4.92. The molecule has 0 atom stereocenters. The van der Waals surface area contributed by atoms with Crippen LogP contribution in [0.2, 0.25) is 0 Å². The predicted octanol–water partition coefficient (Wildman–Crippen LogP) is 5.20. The van der Waals surface area contributed by atoms with Gasteiger partial charge in [0, 0.05) is 12.1 Å². The molecule has 0 aromatic heterocycles. The molecule has 0 saturated heterocycles. The van der Waals surface area contributed by atoms with Crippen molar-refractivity contribution in [3.8, 4) is 5.75 Å². The third-order valence-corrected chi connectivity index (χ3v) is 3.71. The molecule has 3 heteroatoms. The number of rotatable bonds is 4. The number of ether oxygens (including phenoxy) is 1. The van der Waals surface area contributed by atoms with Gasteiger partial charge in [0.05, 0.1) is 0 Å². The molecule has 3 aromatic carbocycles. The highest BCUT2D eigenvalue weighted by atomic mass is 16.6. The molecule has 0 aliphatic rings. The van der Waals surface area contributed by atoms with Gasteiger partial charge in [-0.3, -0.25) is 5.32 Å². The number of hydrogen-bond donors (Lipinski definition) is 1. The van der Waals surface area contributed by atoms with E-state index in [0.717, 1.165) is 12.0 Å². The number of amides is 1. The van der Waals surface area contributed by atoms with Gasteiger partial charge in [0.2, 0.25) is 0 Å². The van der Waals surface area contributed by atoms with Gasteiger partial charge in [-0.1, -0.05) is 66.2 Å². The number of nitrogens with one attached hydrogen (secondary N) is 1. The van der Waals surface area contributed by atoms with Crippen molar-refractivity contribution in [3.63, 3.8) is 0 Å². The molecule has 0 radical (unpaired) electrons. The monoisotopic (exact) mass is 317 g/mol. The SMILES string of the molecule is Cc1ccc(Cc2ccccc2OC(=O)Nc2ccccc2)cc1. The lowest BCUT2D eigenvalue weighted by atomic mass is 10.0. The molecular formula is C21H19NO2. The van der Waals surface area contributed by atoms with Gasteiger partial charge in [-0.05, 0) is 36.2 Å². The fourth-order valence-corrected chi connectivity index (χ4v) is 2.44. The normalized spacial score (nSPS) is 10.2. The molecule has 0 aliphatic carbocycles. The Morgan fingerprint density at radius 2 is 1.54 bits per heavy atom. The van der Waals surface area contributed by atoms with Crippen LogP contribution in [0.4, 0.5) is 10.5 Å². The largest absolute Gasteiger partial charge is 0.417 e. The lowest BCUT2D eigenvalue weighted by molar-refractivity contribution is 0.215. The van der Waals surface area contributed by atoms with Crippen molar-refractivity contribution in [2.75, 3.05) is 5.32 Å². The Balaban J connectivity index is 1.71. The first kappa shape index (κ1) is 15.8. The van der Waals surface area contributed by atoms with Gasteiger partial charge in [0.1, 0.15) is 5.75 Å². The van der Waals surface area contributed by atoms with Crippen LogP contribution < -0.4 is 10.1 Å². The highest BCUT2D eigenvalue weighted by Crippen LogP contribution is 2.22. The van der Waals surface area contributed by atoms with E-state index >= 15 is 0 Å². The van der Waals surface area contributed by atoms with Crippen molar-refractivity contribution in [2.24, 2.45) is 0 Å². The zero-order valence-electron chi connectivity index (χ0n) is 13.5. The Morgan fingerprint density at radius 1 is 0.875 bits per heavy atom. The van der Waals surface area contributed by atoms with Crippen LogP contribution >= 0.6 is 0 Å². The fraction of sp³-hybridized carbons (Fsp3) is 0.0952. The van der Waals surface area contributed by atoms with Gasteiger partial charge in [0.25, 0.3) is 0 Å². The smallest absolute Gasteiger partial charge is 0.410 e. The number of benzene rings is 3. The van der Waals surface area contributed by atoms with Crippen LogP contribution in [0.1, 0.15) is 16.7 Å². The Morgan fingerprint density at radius 3 is 2.29 bits per heavy atom. The number of carbonyl (C=O) groups excluding carboxylic acids is 1. The summed E-state index contributed by atoms with van der Waals surface area (Å²) in [6.45, 7) is 2.06. The quantitative estimate of drug-likeness (QED) is 0.718. The molecule has 0 aliphatic heterocycles. The molecule has 120 valence electrons. The molecule has 0 spiro atoms. The van der Waals surface area contributed by atoms with Crippen LogP contribution in [0.3, 0.4) is 0 Å². The van der Waals surface area contributed by atoms with Crippen LogP contribution in [0.15, 0.2) is 78.9 Å². The summed E-state index contributed by atoms with van der Waals surface area (Å²) in [7, 11) is 0. The van der Waals surface area contributed by atoms with Crippen molar-refractivity contribution in [2.45, 2.75) is 13.3 Å². The highest BCUT2D eigenvalue weighted by molar-refractivity contribution is 5.86. The average molecular weight is 317 g/mol. The number of aryl methyl sites for hydroxylation is 1. The molecule has 24 heavy (non-hydrogen) atoms. The number of para-hydroxylation sites is 2. The van der Waals surface area contributed by atoms with E-state index in [9.17, 15) is 4.79 Å². The summed E-state index contributed by atoms with van der Waals surface area (Å²) in [4.78, 5) is 12.1. The summed E-state index contributed by atoms with van der Waals surface area (Å²) in [6.07, 6.45) is 0.229. The standard InChI is InChI=1S/C21H19NO2/c1-16-11-13-17(14-12-16)15-18-7-5-6-10-20(18)24-21(23)22-19-8-3-2-4-9-19/h2-14H,15H2,1H3,(H,22,23). The minimum absolute atomic E-state index is 0.488. The van der Waals surface area contributed by atoms with Crippen LogP contribution in [-0.4, -0.2) is 6.09 Å². The third kappa shape index (κ3) is 4.23. The average Bonchev–Trinajstić information content (AvgIpc) is 2.59. The maximum Gasteiger partial charge on any atom is 0.417 e. The predicted molar refractivity (Wildman–Crippen MR) is 96.5 cm³/mol. The second kappa shape index (κ2) is 7.47. The van der Waals surface area contributed by atoms with Gasteiger partial charge < -0.3 is 4.74 Å². The third-order valence-electron chi connectivity index (χ3n) is 3.71. The van der Waals surface area contributed by atoms with Gasteiger partial charge >= 0.3 is 6.09 Å². The second-order valence-corrected chi connectivity index (χ2v) is 5.65. The summed E-state index contributed by atoms with van der Waals surface area (Å²) < 4.78 is 5.50. The lowest BCUT2D eigenvalue weighted by Gasteiger charge is -2.11. The Hall–Kier alpha value is -3.07. The van der Waals surface area contributed by atoms with Gasteiger partial charge in [-0.2, -0.15) is 0 Å². The second-order valence-electron chi connectivity index (χ2n) is 5.65. The van der Waals surface area contributed by atoms with Crippen LogP contribution in [0, 0.1) is 6.92 Å². The molecule has 3 nitrogen and oxygen atoms in total. The van der Waals surface area contributed by atoms with E-state index in [1.165, 1.54) is 11.1 Å². The van der Waals surface area contributed by atoms with E-state index in [-0.39, 0.29) is 0 Å². The van der Waals surface area contributed by atoms with Crippen molar-refractivity contribution in [1.82, 2.24) is 0 Å². The Labute approximate surface area is 141 Å². The number of carbonyl (C=O) groups is 1. The maximum atomic E-state index is 12.1. The number of hydrogen-bond acceptors (Lipinski definition) is 2. The highest BCUT2D eigenvalue weighted by Gasteiger charge is 2.09. The molecule has 0 fully saturated rings. The minimum atomic E-state index is -0.488. The first-order valence-electron chi connectivity index (χ1n) is 7.88. The van der Waals surface area contributed by atoms with Gasteiger partial charge in [-0.15, -0.1) is 0 Å². The van der Waals surface area contributed by atoms with Gasteiger partial charge in [0.15, 0.2) is 0 Å². The Bertz CT molecular complexity index is 811. The fourth-order valence-electron chi connectivity index (χ4n) is 2.44. The van der Waals surface area contributed by atoms with Crippen molar-refractivity contribution < 1.29 is 9.53 Å². The summed E-state index contributed by atoms with van der Waals surface area (Å²) >= 11 is 0. The van der Waals surface area contributed by atoms with E-state index in [2.05, 4.69) is 36.5 Å². The molecule has 0 bridgehead atoms. The topological polar surface area (TPSA) is 38.3 Å². The molecular weight excluding hydrogens is 298 g/mol. The van der Waals surface area contributed by atoms with E-state index in [0.29, 0.717) is 11.4 Å². The number of anilines is 1. The van der Waals surface area contributed by atoms with Gasteiger partial charge in [-0.25, -0.2) is 4.79 Å². The van der Waals surface area contributed by atoms with Crippen molar-refractivity contribution in [1.29, 1.82) is 0 Å². The molecule has 1 N–H and O–H groups in total. The molecule has 0 saturated carbocycles. The molecule has 1 amide bonds.